The minimum Gasteiger partial charge on any atom is -0.459 e. The Kier molecular flexibility index (Phi) is 6.61. The first-order chi connectivity index (χ1) is 17.9. The van der Waals surface area contributed by atoms with Gasteiger partial charge in [0.2, 0.25) is 5.91 Å². The lowest BCUT2D eigenvalue weighted by Crippen LogP contribution is -2.60. The van der Waals surface area contributed by atoms with Crippen LogP contribution in [0.25, 0.3) is 0 Å². The van der Waals surface area contributed by atoms with Gasteiger partial charge in [0.1, 0.15) is 12.1 Å². The summed E-state index contributed by atoms with van der Waals surface area (Å²) in [4.78, 5) is 57.0. The fourth-order valence-corrected chi connectivity index (χ4v) is 5.48. The molecular weight excluding hydrogens is 468 g/mol. The molecule has 1 aliphatic heterocycles. The van der Waals surface area contributed by atoms with Gasteiger partial charge in [0.05, 0.1) is 11.1 Å². The maximum absolute atomic E-state index is 14.3. The van der Waals surface area contributed by atoms with Gasteiger partial charge in [0.25, 0.3) is 11.8 Å². The van der Waals surface area contributed by atoms with Gasteiger partial charge >= 0.3 is 5.97 Å². The number of amides is 3. The fourth-order valence-electron chi connectivity index (χ4n) is 5.48. The highest BCUT2D eigenvalue weighted by Crippen LogP contribution is 2.42. The largest absolute Gasteiger partial charge is 0.459 e. The summed E-state index contributed by atoms with van der Waals surface area (Å²) < 4.78 is 5.65. The Morgan fingerprint density at radius 3 is 1.92 bits per heavy atom. The number of carbonyl (C=O) groups is 4. The Labute approximate surface area is 215 Å². The standard InChI is InChI=1S/C30H28N2O5/c1-31(25(22-14-6-3-7-15-22)28(35)37-20-21-12-4-2-5-13-21)29(36)30(18-10-11-19-30)32-26(33)23-16-8-9-17-24(23)27(32)34/h2-9,12-17,25H,10-11,18-20H2,1H3. The lowest BCUT2D eigenvalue weighted by molar-refractivity contribution is -0.158. The van der Waals surface area contributed by atoms with Gasteiger partial charge in [0.15, 0.2) is 6.04 Å². The number of fused-ring (bicyclic) bond motifs is 1. The van der Waals surface area contributed by atoms with Crippen LogP contribution in [0, 0.1) is 0 Å². The molecule has 0 bridgehead atoms. The third-order valence-corrected chi connectivity index (χ3v) is 7.32. The van der Waals surface area contributed by atoms with Gasteiger partial charge in [-0.15, -0.1) is 0 Å². The van der Waals surface area contributed by atoms with Crippen LogP contribution in [-0.2, 0) is 20.9 Å². The first-order valence-electron chi connectivity index (χ1n) is 12.4. The number of esters is 1. The van der Waals surface area contributed by atoms with E-state index in [0.717, 1.165) is 10.5 Å². The van der Waals surface area contributed by atoms with Crippen LogP contribution in [0.5, 0.6) is 0 Å². The first-order valence-corrected chi connectivity index (χ1v) is 12.4. The molecule has 1 atom stereocenters. The highest BCUT2D eigenvalue weighted by Gasteiger charge is 2.56. The number of hydrogen-bond acceptors (Lipinski definition) is 5. The normalized spacial score (nSPS) is 16.8. The van der Waals surface area contributed by atoms with E-state index in [1.807, 2.05) is 36.4 Å². The molecule has 3 aromatic carbocycles. The summed E-state index contributed by atoms with van der Waals surface area (Å²) in [5.41, 5.74) is 0.670. The maximum Gasteiger partial charge on any atom is 0.333 e. The summed E-state index contributed by atoms with van der Waals surface area (Å²) in [7, 11) is 1.54. The first kappa shape index (κ1) is 24.4. The molecule has 1 aliphatic carbocycles. The zero-order chi connectivity index (χ0) is 26.0. The minimum atomic E-state index is -1.35. The predicted molar refractivity (Wildman–Crippen MR) is 136 cm³/mol. The zero-order valence-electron chi connectivity index (χ0n) is 20.6. The van der Waals surface area contributed by atoms with Crippen LogP contribution >= 0.6 is 0 Å². The van der Waals surface area contributed by atoms with E-state index in [1.54, 1.807) is 55.6 Å². The molecule has 2 aliphatic rings. The Balaban J connectivity index is 1.47. The molecule has 3 aromatic rings. The fraction of sp³-hybridized carbons (Fsp3) is 0.267. The number of benzene rings is 3. The van der Waals surface area contributed by atoms with Crippen molar-refractivity contribution in [2.45, 2.75) is 43.9 Å². The number of hydrogen-bond donors (Lipinski definition) is 0. The van der Waals surface area contributed by atoms with E-state index in [4.69, 9.17) is 4.74 Å². The molecule has 0 aromatic heterocycles. The van der Waals surface area contributed by atoms with E-state index in [-0.39, 0.29) is 6.61 Å². The van der Waals surface area contributed by atoms with E-state index < -0.39 is 35.3 Å². The minimum absolute atomic E-state index is 0.0641. The molecule has 1 saturated carbocycles. The molecule has 7 heteroatoms. The van der Waals surface area contributed by atoms with Crippen LogP contribution in [0.15, 0.2) is 84.9 Å². The zero-order valence-corrected chi connectivity index (χ0v) is 20.6. The second-order valence-electron chi connectivity index (χ2n) is 9.55. The summed E-state index contributed by atoms with van der Waals surface area (Å²) in [5, 5.41) is 0. The summed E-state index contributed by atoms with van der Waals surface area (Å²) >= 11 is 0. The number of likely N-dealkylation sites (N-methyl/N-ethyl adjacent to an activating group) is 1. The van der Waals surface area contributed by atoms with Gasteiger partial charge in [-0.1, -0.05) is 85.6 Å². The molecule has 3 amide bonds. The highest BCUT2D eigenvalue weighted by atomic mass is 16.5. The third-order valence-electron chi connectivity index (χ3n) is 7.32. The molecule has 0 N–H and O–H groups in total. The lowest BCUT2D eigenvalue weighted by atomic mass is 9.91. The Bertz CT molecular complexity index is 1300. The number of imide groups is 1. The van der Waals surface area contributed by atoms with Crippen LogP contribution in [0.1, 0.15) is 63.6 Å². The van der Waals surface area contributed by atoms with E-state index in [0.29, 0.717) is 42.4 Å². The van der Waals surface area contributed by atoms with E-state index in [9.17, 15) is 19.2 Å². The van der Waals surface area contributed by atoms with E-state index >= 15 is 0 Å². The maximum atomic E-state index is 14.3. The highest BCUT2D eigenvalue weighted by molar-refractivity contribution is 6.23. The van der Waals surface area contributed by atoms with E-state index in [2.05, 4.69) is 0 Å². The summed E-state index contributed by atoms with van der Waals surface area (Å²) in [6.07, 6.45) is 2.09. The summed E-state index contributed by atoms with van der Waals surface area (Å²) in [6.45, 7) is 0.0641. The topological polar surface area (TPSA) is 84.0 Å². The summed E-state index contributed by atoms with van der Waals surface area (Å²) in [5.74, 6) is -1.95. The molecule has 188 valence electrons. The second-order valence-corrected chi connectivity index (χ2v) is 9.55. The molecular formula is C30H28N2O5. The molecule has 0 saturated heterocycles. The summed E-state index contributed by atoms with van der Waals surface area (Å²) in [6, 6.07) is 23.9. The third kappa shape index (κ3) is 4.31. The van der Waals surface area contributed by atoms with Crippen molar-refractivity contribution in [3.63, 3.8) is 0 Å². The molecule has 0 radical (unpaired) electrons. The SMILES string of the molecule is CN(C(=O)C1(N2C(=O)c3ccccc3C2=O)CCCC1)C(C(=O)OCc1ccccc1)c1ccccc1. The monoisotopic (exact) mass is 496 g/mol. The smallest absolute Gasteiger partial charge is 0.333 e. The predicted octanol–water partition coefficient (Wildman–Crippen LogP) is 4.54. The molecule has 1 fully saturated rings. The van der Waals surface area contributed by atoms with Crippen LogP contribution in [-0.4, -0.2) is 46.1 Å². The molecule has 37 heavy (non-hydrogen) atoms. The van der Waals surface area contributed by atoms with Crippen molar-refractivity contribution >= 4 is 23.7 Å². The van der Waals surface area contributed by atoms with Crippen molar-refractivity contribution in [2.24, 2.45) is 0 Å². The van der Waals surface area contributed by atoms with Crippen molar-refractivity contribution < 1.29 is 23.9 Å². The second kappa shape index (κ2) is 10.0. The van der Waals surface area contributed by atoms with Crippen molar-refractivity contribution in [1.29, 1.82) is 0 Å². The molecule has 7 nitrogen and oxygen atoms in total. The number of ether oxygens (including phenoxy) is 1. The van der Waals surface area contributed by atoms with Gasteiger partial charge in [-0.25, -0.2) is 4.79 Å². The van der Waals surface area contributed by atoms with Crippen molar-refractivity contribution in [2.75, 3.05) is 7.05 Å². The van der Waals surface area contributed by atoms with Crippen molar-refractivity contribution in [1.82, 2.24) is 9.80 Å². The lowest BCUT2D eigenvalue weighted by Gasteiger charge is -2.40. The van der Waals surface area contributed by atoms with Gasteiger partial charge in [0, 0.05) is 7.05 Å². The average Bonchev–Trinajstić information content (AvgIpc) is 3.52. The number of rotatable bonds is 7. The van der Waals surface area contributed by atoms with Crippen molar-refractivity contribution in [3.8, 4) is 0 Å². The van der Waals surface area contributed by atoms with Gasteiger partial charge in [-0.2, -0.15) is 0 Å². The van der Waals surface area contributed by atoms with Gasteiger partial charge in [-0.3, -0.25) is 19.3 Å². The van der Waals surface area contributed by atoms with Crippen LogP contribution in [0.4, 0.5) is 0 Å². The molecule has 0 spiro atoms. The molecule has 1 unspecified atom stereocenters. The molecule has 1 heterocycles. The van der Waals surface area contributed by atoms with Crippen molar-refractivity contribution in [3.05, 3.63) is 107 Å². The Morgan fingerprint density at radius 1 is 0.838 bits per heavy atom. The van der Waals surface area contributed by atoms with Crippen LogP contribution in [0.3, 0.4) is 0 Å². The Hall–Kier alpha value is -4.26. The number of nitrogens with zero attached hydrogens (tertiary/aromatic N) is 2. The Morgan fingerprint density at radius 2 is 1.35 bits per heavy atom. The van der Waals surface area contributed by atoms with Gasteiger partial charge in [-0.05, 0) is 36.1 Å². The van der Waals surface area contributed by atoms with Gasteiger partial charge < -0.3 is 9.64 Å². The average molecular weight is 497 g/mol. The quantitative estimate of drug-likeness (QED) is 0.354. The number of carbonyl (C=O) groups excluding carboxylic acids is 4. The van der Waals surface area contributed by atoms with E-state index in [1.165, 1.54) is 4.90 Å². The molecule has 5 rings (SSSR count). The van der Waals surface area contributed by atoms with Crippen LogP contribution < -0.4 is 0 Å². The van der Waals surface area contributed by atoms with Crippen LogP contribution in [0.2, 0.25) is 0 Å².